The van der Waals surface area contributed by atoms with Gasteiger partial charge in [0.25, 0.3) is 0 Å². The van der Waals surface area contributed by atoms with Gasteiger partial charge in [-0.3, -0.25) is 14.6 Å². The van der Waals surface area contributed by atoms with E-state index in [-0.39, 0.29) is 11.3 Å². The lowest BCUT2D eigenvalue weighted by Crippen LogP contribution is -2.32. The SMILES string of the molecule is COc1ccccc1NC(=O)C(C(N)=O)c1ccc(Oc2ccnc3cc(C4=CCCN(C)C4)sc23)c(F)c1. The van der Waals surface area contributed by atoms with Crippen molar-refractivity contribution < 1.29 is 23.5 Å². The lowest BCUT2D eigenvalue weighted by Gasteiger charge is -2.22. The number of anilines is 1. The number of ether oxygens (including phenoxy) is 2. The number of nitrogens with one attached hydrogen (secondary N) is 1. The molecule has 3 heterocycles. The summed E-state index contributed by atoms with van der Waals surface area (Å²) in [4.78, 5) is 33.0. The van der Waals surface area contributed by atoms with Crippen LogP contribution in [0, 0.1) is 5.82 Å². The number of likely N-dealkylation sites (N-methyl/N-ethyl adjacent to an activating group) is 1. The summed E-state index contributed by atoms with van der Waals surface area (Å²) in [5.41, 5.74) is 8.01. The van der Waals surface area contributed by atoms with E-state index in [1.54, 1.807) is 47.9 Å². The molecule has 0 bridgehead atoms. The number of nitrogens with zero attached hydrogens (tertiary/aromatic N) is 2. The van der Waals surface area contributed by atoms with Crippen molar-refractivity contribution in [1.29, 1.82) is 0 Å². The zero-order valence-electron chi connectivity index (χ0n) is 21.4. The summed E-state index contributed by atoms with van der Waals surface area (Å²) < 4.78 is 27.3. The van der Waals surface area contributed by atoms with Gasteiger partial charge in [-0.2, -0.15) is 0 Å². The predicted molar refractivity (Wildman–Crippen MR) is 150 cm³/mol. The molecule has 3 N–H and O–H groups in total. The molecule has 2 aromatic heterocycles. The van der Waals surface area contributed by atoms with Gasteiger partial charge in [0.05, 0.1) is 23.0 Å². The summed E-state index contributed by atoms with van der Waals surface area (Å²) in [5.74, 6) is -2.95. The highest BCUT2D eigenvalue weighted by Crippen LogP contribution is 2.39. The summed E-state index contributed by atoms with van der Waals surface area (Å²) in [6.45, 7) is 1.87. The van der Waals surface area contributed by atoms with Gasteiger partial charge in [-0.05, 0) is 54.9 Å². The van der Waals surface area contributed by atoms with Gasteiger partial charge in [0, 0.05) is 30.2 Å². The van der Waals surface area contributed by atoms with Crippen LogP contribution in [-0.2, 0) is 9.59 Å². The number of amides is 2. The van der Waals surface area contributed by atoms with E-state index in [1.165, 1.54) is 24.8 Å². The monoisotopic (exact) mass is 546 g/mol. The number of benzene rings is 2. The van der Waals surface area contributed by atoms with Crippen LogP contribution in [0.4, 0.5) is 10.1 Å². The number of primary amides is 1. The lowest BCUT2D eigenvalue weighted by atomic mass is 9.97. The van der Waals surface area contributed by atoms with Gasteiger partial charge in [0.15, 0.2) is 11.6 Å². The van der Waals surface area contributed by atoms with Gasteiger partial charge in [-0.25, -0.2) is 4.39 Å². The summed E-state index contributed by atoms with van der Waals surface area (Å²) in [6.07, 6.45) is 4.84. The molecule has 200 valence electrons. The Morgan fingerprint density at radius 2 is 1.95 bits per heavy atom. The van der Waals surface area contributed by atoms with Crippen molar-refractivity contribution in [1.82, 2.24) is 9.88 Å². The fraction of sp³-hybridized carbons (Fsp3) is 0.207. The zero-order valence-corrected chi connectivity index (χ0v) is 22.3. The predicted octanol–water partition coefficient (Wildman–Crippen LogP) is 5.16. The van der Waals surface area contributed by atoms with E-state index in [4.69, 9.17) is 15.2 Å². The second-order valence-corrected chi connectivity index (χ2v) is 10.3. The number of thiophene rings is 1. The lowest BCUT2D eigenvalue weighted by molar-refractivity contribution is -0.127. The molecule has 1 atom stereocenters. The summed E-state index contributed by atoms with van der Waals surface area (Å²) in [6, 6.07) is 14.4. The van der Waals surface area contributed by atoms with E-state index in [9.17, 15) is 9.59 Å². The Bertz CT molecular complexity index is 1580. The van der Waals surface area contributed by atoms with E-state index < -0.39 is 23.5 Å². The average Bonchev–Trinajstić information content (AvgIpc) is 3.36. The van der Waals surface area contributed by atoms with E-state index in [2.05, 4.69) is 28.3 Å². The maximum atomic E-state index is 15.3. The number of carbonyl (C=O) groups is 2. The van der Waals surface area contributed by atoms with Gasteiger partial charge in [0.2, 0.25) is 11.8 Å². The van der Waals surface area contributed by atoms with Crippen molar-refractivity contribution >= 4 is 44.6 Å². The maximum Gasteiger partial charge on any atom is 0.241 e. The number of hydrogen-bond acceptors (Lipinski definition) is 7. The Hall–Kier alpha value is -4.28. The first-order valence-corrected chi connectivity index (χ1v) is 13.1. The van der Waals surface area contributed by atoms with Crippen LogP contribution in [0.2, 0.25) is 0 Å². The fourth-order valence-corrected chi connectivity index (χ4v) is 5.62. The molecule has 8 nitrogen and oxygen atoms in total. The van der Waals surface area contributed by atoms with E-state index in [1.807, 2.05) is 6.07 Å². The standard InChI is InChI=1S/C29H27FN4O4S/c1-34-13-5-6-18(16-34)25-15-21-27(39-25)24(11-12-32-21)38-22-10-9-17(14-19(22)30)26(28(31)35)29(36)33-20-7-3-4-8-23(20)37-2/h3-4,6-12,14-15,26H,5,13,16H2,1-2H3,(H2,31,35)(H,33,36). The highest BCUT2D eigenvalue weighted by molar-refractivity contribution is 7.20. The number of carbonyl (C=O) groups excluding carboxylic acids is 2. The van der Waals surface area contributed by atoms with Crippen molar-refractivity contribution in [2.75, 3.05) is 32.6 Å². The largest absolute Gasteiger partial charge is 0.495 e. The number of rotatable bonds is 8. The number of pyridine rings is 1. The third-order valence-corrected chi connectivity index (χ3v) is 7.67. The molecule has 0 spiro atoms. The third-order valence-electron chi connectivity index (χ3n) is 6.45. The minimum Gasteiger partial charge on any atom is -0.495 e. The number of nitrogens with two attached hydrogens (primary N) is 1. The van der Waals surface area contributed by atoms with Crippen molar-refractivity contribution in [3.05, 3.63) is 83.1 Å². The summed E-state index contributed by atoms with van der Waals surface area (Å²) in [5, 5.41) is 2.64. The molecule has 0 saturated carbocycles. The van der Waals surface area contributed by atoms with Gasteiger partial charge >= 0.3 is 0 Å². The second-order valence-electron chi connectivity index (χ2n) is 9.21. The van der Waals surface area contributed by atoms with Crippen LogP contribution in [0.15, 0.2) is 66.9 Å². The van der Waals surface area contributed by atoms with Crippen molar-refractivity contribution in [2.24, 2.45) is 5.73 Å². The number of methoxy groups -OCH3 is 1. The topological polar surface area (TPSA) is 107 Å². The first-order chi connectivity index (χ1) is 18.8. The molecule has 0 aliphatic carbocycles. The molecule has 1 aliphatic rings. The number of hydrogen-bond donors (Lipinski definition) is 2. The Morgan fingerprint density at radius 3 is 2.69 bits per heavy atom. The molecule has 2 aromatic carbocycles. The molecule has 1 unspecified atom stereocenters. The number of fused-ring (bicyclic) bond motifs is 1. The molecule has 39 heavy (non-hydrogen) atoms. The van der Waals surface area contributed by atoms with Gasteiger partial charge in [0.1, 0.15) is 17.4 Å². The quantitative estimate of drug-likeness (QED) is 0.296. The van der Waals surface area contributed by atoms with E-state index in [0.717, 1.165) is 40.7 Å². The van der Waals surface area contributed by atoms with E-state index >= 15 is 4.39 Å². The highest BCUT2D eigenvalue weighted by Gasteiger charge is 2.28. The van der Waals surface area contributed by atoms with Crippen molar-refractivity contribution in [2.45, 2.75) is 12.3 Å². The Labute approximate surface area is 228 Å². The highest BCUT2D eigenvalue weighted by atomic mass is 32.1. The Balaban J connectivity index is 1.39. The normalized spacial score (nSPS) is 14.5. The zero-order chi connectivity index (χ0) is 27.5. The molecule has 0 radical (unpaired) electrons. The second kappa shape index (κ2) is 11.2. The van der Waals surface area contributed by atoms with Crippen LogP contribution in [-0.4, -0.2) is 48.9 Å². The van der Waals surface area contributed by atoms with Crippen LogP contribution >= 0.6 is 11.3 Å². The molecular weight excluding hydrogens is 519 g/mol. The van der Waals surface area contributed by atoms with Crippen LogP contribution in [0.5, 0.6) is 17.2 Å². The third kappa shape index (κ3) is 5.62. The van der Waals surface area contributed by atoms with Crippen LogP contribution < -0.4 is 20.5 Å². The van der Waals surface area contributed by atoms with Crippen LogP contribution in [0.3, 0.4) is 0 Å². The fourth-order valence-electron chi connectivity index (χ4n) is 4.52. The molecule has 0 saturated heterocycles. The number of para-hydroxylation sites is 2. The smallest absolute Gasteiger partial charge is 0.241 e. The Morgan fingerprint density at radius 1 is 1.13 bits per heavy atom. The average molecular weight is 547 g/mol. The minimum absolute atomic E-state index is 0.0498. The molecule has 0 fully saturated rings. The first-order valence-electron chi connectivity index (χ1n) is 12.3. The molecule has 1 aliphatic heterocycles. The molecular formula is C29H27FN4O4S. The van der Waals surface area contributed by atoms with Crippen LogP contribution in [0.25, 0.3) is 15.8 Å². The minimum atomic E-state index is -1.42. The molecule has 2 amide bonds. The number of halogens is 1. The first kappa shape index (κ1) is 26.3. The molecule has 10 heteroatoms. The number of aromatic nitrogens is 1. The molecule has 4 aromatic rings. The summed E-state index contributed by atoms with van der Waals surface area (Å²) >= 11 is 1.55. The Kier molecular flexibility index (Phi) is 7.58. The van der Waals surface area contributed by atoms with Gasteiger partial charge in [-0.15, -0.1) is 11.3 Å². The van der Waals surface area contributed by atoms with Gasteiger partial charge < -0.3 is 25.4 Å². The van der Waals surface area contributed by atoms with E-state index in [0.29, 0.717) is 17.2 Å². The maximum absolute atomic E-state index is 15.3. The summed E-state index contributed by atoms with van der Waals surface area (Å²) in [7, 11) is 3.55. The van der Waals surface area contributed by atoms with Gasteiger partial charge in [-0.1, -0.05) is 24.3 Å². The molecule has 5 rings (SSSR count). The van der Waals surface area contributed by atoms with Crippen molar-refractivity contribution in [3.8, 4) is 17.2 Å². The van der Waals surface area contributed by atoms with Crippen molar-refractivity contribution in [3.63, 3.8) is 0 Å². The van der Waals surface area contributed by atoms with Crippen LogP contribution in [0.1, 0.15) is 22.8 Å².